The molecule has 0 bridgehead atoms. The standard InChI is InChI=1S/C26H24FN3O3S/c1-15-3-6-18(7-4-15)30-22(32)10-8-20-23(28-17-5-9-21(27)16(2)13-17)24(34-26(20)30)25(33)29-12-11-19(31)14-29/h3-10,13,19,28,31H,11-12,14H2,1-2H3/t19-/m1/s1. The van der Waals surface area contributed by atoms with Crippen molar-refractivity contribution in [1.82, 2.24) is 9.47 Å². The van der Waals surface area contributed by atoms with Crippen LogP contribution in [0.5, 0.6) is 0 Å². The highest BCUT2D eigenvalue weighted by atomic mass is 32.1. The molecule has 2 N–H and O–H groups in total. The molecule has 1 amide bonds. The van der Waals surface area contributed by atoms with Crippen LogP contribution in [0.4, 0.5) is 15.8 Å². The Balaban J connectivity index is 1.70. The van der Waals surface area contributed by atoms with E-state index in [0.717, 1.165) is 10.9 Å². The molecule has 174 valence electrons. The number of aliphatic hydroxyl groups excluding tert-OH is 1. The van der Waals surface area contributed by atoms with Crippen LogP contribution in [0.1, 0.15) is 27.2 Å². The lowest BCUT2D eigenvalue weighted by atomic mass is 10.2. The quantitative estimate of drug-likeness (QED) is 0.445. The number of carbonyl (C=O) groups excluding carboxylic acids is 1. The number of hydrogen-bond acceptors (Lipinski definition) is 5. The third-order valence-electron chi connectivity index (χ3n) is 6.11. The van der Waals surface area contributed by atoms with Gasteiger partial charge in [-0.25, -0.2) is 4.39 Å². The second kappa shape index (κ2) is 8.70. The van der Waals surface area contributed by atoms with E-state index in [-0.39, 0.29) is 23.8 Å². The van der Waals surface area contributed by atoms with Crippen molar-refractivity contribution in [3.05, 3.63) is 86.8 Å². The molecule has 8 heteroatoms. The summed E-state index contributed by atoms with van der Waals surface area (Å²) in [5.41, 5.74) is 3.28. The third-order valence-corrected chi connectivity index (χ3v) is 7.28. The fourth-order valence-corrected chi connectivity index (χ4v) is 5.47. The molecule has 0 aliphatic carbocycles. The van der Waals surface area contributed by atoms with Gasteiger partial charge in [0.2, 0.25) is 0 Å². The minimum absolute atomic E-state index is 0.197. The van der Waals surface area contributed by atoms with Crippen molar-refractivity contribution in [1.29, 1.82) is 0 Å². The Labute approximate surface area is 199 Å². The van der Waals surface area contributed by atoms with Gasteiger partial charge in [-0.1, -0.05) is 17.7 Å². The van der Waals surface area contributed by atoms with E-state index < -0.39 is 6.10 Å². The predicted octanol–water partition coefficient (Wildman–Crippen LogP) is 4.76. The number of amides is 1. The SMILES string of the molecule is Cc1ccc(-n2c(=O)ccc3c(Nc4ccc(F)c(C)c4)c(C(=O)N4CC[C@@H](O)C4)sc32)cc1. The molecule has 2 aromatic heterocycles. The van der Waals surface area contributed by atoms with E-state index in [1.54, 1.807) is 34.6 Å². The molecule has 1 aliphatic rings. The number of likely N-dealkylation sites (tertiary alicyclic amines) is 1. The molecular weight excluding hydrogens is 453 g/mol. The summed E-state index contributed by atoms with van der Waals surface area (Å²) >= 11 is 1.24. The molecule has 1 fully saturated rings. The van der Waals surface area contributed by atoms with Crippen molar-refractivity contribution in [2.75, 3.05) is 18.4 Å². The van der Waals surface area contributed by atoms with Gasteiger partial charge < -0.3 is 15.3 Å². The lowest BCUT2D eigenvalue weighted by Crippen LogP contribution is -2.29. The number of nitrogens with zero attached hydrogens (tertiary/aromatic N) is 2. The summed E-state index contributed by atoms with van der Waals surface area (Å²) in [5, 5.41) is 14.0. The fraction of sp³-hybridized carbons (Fsp3) is 0.231. The van der Waals surface area contributed by atoms with Crippen molar-refractivity contribution >= 4 is 38.8 Å². The maximum absolute atomic E-state index is 13.8. The van der Waals surface area contributed by atoms with Gasteiger partial charge in [-0.3, -0.25) is 14.2 Å². The number of hydrogen-bond donors (Lipinski definition) is 2. The van der Waals surface area contributed by atoms with E-state index in [9.17, 15) is 19.1 Å². The Morgan fingerprint density at radius 2 is 1.88 bits per heavy atom. The van der Waals surface area contributed by atoms with Crippen LogP contribution in [0.2, 0.25) is 0 Å². The molecule has 1 saturated heterocycles. The number of anilines is 2. The highest BCUT2D eigenvalue weighted by Gasteiger charge is 2.30. The molecule has 1 aliphatic heterocycles. The summed E-state index contributed by atoms with van der Waals surface area (Å²) in [6.07, 6.45) is -0.00909. The van der Waals surface area contributed by atoms with Crippen LogP contribution in [0.3, 0.4) is 0 Å². The summed E-state index contributed by atoms with van der Waals surface area (Å²) in [6.45, 7) is 4.40. The van der Waals surface area contributed by atoms with Crippen LogP contribution in [-0.4, -0.2) is 39.7 Å². The van der Waals surface area contributed by atoms with Crippen LogP contribution in [-0.2, 0) is 0 Å². The van der Waals surface area contributed by atoms with E-state index >= 15 is 0 Å². The average molecular weight is 478 g/mol. The number of thiophene rings is 1. The minimum Gasteiger partial charge on any atom is -0.391 e. The topological polar surface area (TPSA) is 74.6 Å². The number of rotatable bonds is 4. The summed E-state index contributed by atoms with van der Waals surface area (Å²) < 4.78 is 15.5. The first-order valence-electron chi connectivity index (χ1n) is 11.1. The van der Waals surface area contributed by atoms with Gasteiger partial charge in [-0.05, 0) is 62.2 Å². The van der Waals surface area contributed by atoms with Crippen LogP contribution in [0.15, 0.2) is 59.4 Å². The molecule has 6 nitrogen and oxygen atoms in total. The smallest absolute Gasteiger partial charge is 0.266 e. The number of aromatic nitrogens is 1. The molecule has 1 atom stereocenters. The molecule has 2 aromatic carbocycles. The van der Waals surface area contributed by atoms with Gasteiger partial charge in [-0.15, -0.1) is 11.3 Å². The number of benzene rings is 2. The zero-order valence-electron chi connectivity index (χ0n) is 18.8. The first-order chi connectivity index (χ1) is 16.3. The summed E-state index contributed by atoms with van der Waals surface area (Å²) in [6, 6.07) is 15.5. The van der Waals surface area contributed by atoms with Crippen molar-refractivity contribution in [3.8, 4) is 5.69 Å². The van der Waals surface area contributed by atoms with Gasteiger partial charge in [-0.2, -0.15) is 0 Å². The van der Waals surface area contributed by atoms with Gasteiger partial charge in [0.25, 0.3) is 11.5 Å². The van der Waals surface area contributed by atoms with Crippen LogP contribution in [0, 0.1) is 19.7 Å². The van der Waals surface area contributed by atoms with Crippen molar-refractivity contribution < 1.29 is 14.3 Å². The highest BCUT2D eigenvalue weighted by Crippen LogP contribution is 2.39. The summed E-state index contributed by atoms with van der Waals surface area (Å²) in [7, 11) is 0. The number of halogens is 1. The van der Waals surface area contributed by atoms with Crippen molar-refractivity contribution in [3.63, 3.8) is 0 Å². The zero-order chi connectivity index (χ0) is 24.0. The summed E-state index contributed by atoms with van der Waals surface area (Å²) in [4.78, 5) is 29.1. The van der Waals surface area contributed by atoms with Gasteiger partial charge >= 0.3 is 0 Å². The maximum atomic E-state index is 13.8. The first kappa shape index (κ1) is 22.3. The van der Waals surface area contributed by atoms with E-state index in [2.05, 4.69) is 5.32 Å². The second-order valence-corrected chi connectivity index (χ2v) is 9.65. The number of aryl methyl sites for hydroxylation is 2. The molecular formula is C26H24FN3O3S. The zero-order valence-corrected chi connectivity index (χ0v) is 19.7. The monoisotopic (exact) mass is 477 g/mol. The Kier molecular flexibility index (Phi) is 5.71. The first-order valence-corrected chi connectivity index (χ1v) is 11.9. The lowest BCUT2D eigenvalue weighted by Gasteiger charge is -2.16. The van der Waals surface area contributed by atoms with Crippen LogP contribution >= 0.6 is 11.3 Å². The minimum atomic E-state index is -0.541. The number of carbonyl (C=O) groups is 1. The molecule has 34 heavy (non-hydrogen) atoms. The number of pyridine rings is 1. The largest absolute Gasteiger partial charge is 0.391 e. The maximum Gasteiger partial charge on any atom is 0.266 e. The molecule has 0 spiro atoms. The summed E-state index contributed by atoms with van der Waals surface area (Å²) in [5.74, 6) is -0.515. The second-order valence-electron chi connectivity index (χ2n) is 8.65. The van der Waals surface area contributed by atoms with Gasteiger partial charge in [0.1, 0.15) is 15.5 Å². The Morgan fingerprint density at radius 3 is 2.56 bits per heavy atom. The molecule has 0 radical (unpaired) electrons. The Morgan fingerprint density at radius 1 is 1.12 bits per heavy atom. The Hall–Kier alpha value is -3.49. The van der Waals surface area contributed by atoms with E-state index in [1.807, 2.05) is 31.2 Å². The Bertz CT molecular complexity index is 1460. The molecule has 0 saturated carbocycles. The number of β-amino-alcohol motifs (C(OH)–C–C–N with tert-alkyl or cyclic N) is 1. The van der Waals surface area contributed by atoms with Crippen molar-refractivity contribution in [2.45, 2.75) is 26.4 Å². The predicted molar refractivity (Wildman–Crippen MR) is 133 cm³/mol. The average Bonchev–Trinajstić information content (AvgIpc) is 3.40. The van der Waals surface area contributed by atoms with E-state index in [1.165, 1.54) is 23.5 Å². The molecule has 0 unspecified atom stereocenters. The van der Waals surface area contributed by atoms with Gasteiger partial charge in [0, 0.05) is 30.2 Å². The molecule has 3 heterocycles. The normalized spacial score (nSPS) is 15.8. The highest BCUT2D eigenvalue weighted by molar-refractivity contribution is 7.21. The van der Waals surface area contributed by atoms with E-state index in [0.29, 0.717) is 45.3 Å². The third kappa shape index (κ3) is 3.99. The number of fused-ring (bicyclic) bond motifs is 1. The van der Waals surface area contributed by atoms with Gasteiger partial charge in [0.05, 0.1) is 17.5 Å². The fourth-order valence-electron chi connectivity index (χ4n) is 4.23. The van der Waals surface area contributed by atoms with E-state index in [4.69, 9.17) is 0 Å². The van der Waals surface area contributed by atoms with Gasteiger partial charge in [0.15, 0.2) is 0 Å². The number of aliphatic hydroxyl groups is 1. The lowest BCUT2D eigenvalue weighted by molar-refractivity contribution is 0.0770. The molecule has 5 rings (SSSR count). The number of nitrogens with one attached hydrogen (secondary N) is 1. The molecule has 4 aromatic rings. The van der Waals surface area contributed by atoms with Crippen LogP contribution in [0.25, 0.3) is 15.9 Å². The van der Waals surface area contributed by atoms with Crippen molar-refractivity contribution in [2.24, 2.45) is 0 Å². The van der Waals surface area contributed by atoms with Crippen LogP contribution < -0.4 is 10.9 Å².